The smallest absolute Gasteiger partial charge is 0.252 e. The van der Waals surface area contributed by atoms with Gasteiger partial charge in [0.2, 0.25) is 10.0 Å². The Balaban J connectivity index is 1.32. The summed E-state index contributed by atoms with van der Waals surface area (Å²) in [4.78, 5) is 16.0. The van der Waals surface area contributed by atoms with E-state index >= 15 is 0 Å². The van der Waals surface area contributed by atoms with Crippen LogP contribution in [0.3, 0.4) is 0 Å². The van der Waals surface area contributed by atoms with Crippen molar-refractivity contribution in [2.75, 3.05) is 25.4 Å². The van der Waals surface area contributed by atoms with Gasteiger partial charge >= 0.3 is 0 Å². The van der Waals surface area contributed by atoms with Crippen molar-refractivity contribution in [3.63, 3.8) is 0 Å². The number of nitrogens with zero attached hydrogens (tertiary/aromatic N) is 2. The van der Waals surface area contributed by atoms with E-state index in [-0.39, 0.29) is 41.9 Å². The first kappa shape index (κ1) is 28.3. The van der Waals surface area contributed by atoms with Crippen LogP contribution < -0.4 is 0 Å². The molecule has 3 aliphatic rings. The van der Waals surface area contributed by atoms with Crippen LogP contribution in [0.15, 0.2) is 77.7 Å². The predicted molar refractivity (Wildman–Crippen MR) is 155 cm³/mol. The molecule has 0 bridgehead atoms. The number of aryl methyl sites for hydroxylation is 1. The van der Waals surface area contributed by atoms with Gasteiger partial charge in [-0.1, -0.05) is 54.1 Å². The van der Waals surface area contributed by atoms with Crippen LogP contribution in [0.4, 0.5) is 4.39 Å². The fraction of sp³-hybridized carbons (Fsp3) is 0.367. The van der Waals surface area contributed by atoms with Gasteiger partial charge in [0.15, 0.2) is 0 Å². The highest BCUT2D eigenvalue weighted by Crippen LogP contribution is 2.53. The fourth-order valence-corrected chi connectivity index (χ4v) is 9.97. The minimum atomic E-state index is -3.96. The van der Waals surface area contributed by atoms with Gasteiger partial charge in [0.05, 0.1) is 34.6 Å². The molecule has 1 amide bonds. The summed E-state index contributed by atoms with van der Waals surface area (Å²) in [7, 11) is -7.09. The van der Waals surface area contributed by atoms with Gasteiger partial charge in [-0.25, -0.2) is 12.8 Å². The van der Waals surface area contributed by atoms with Gasteiger partial charge in [-0.3, -0.25) is 13.9 Å². The van der Waals surface area contributed by atoms with Crippen molar-refractivity contribution in [2.45, 2.75) is 48.1 Å². The zero-order valence-electron chi connectivity index (χ0n) is 22.6. The van der Waals surface area contributed by atoms with Crippen LogP contribution in [-0.2, 0) is 26.0 Å². The number of benzene rings is 3. The molecule has 41 heavy (non-hydrogen) atoms. The highest BCUT2D eigenvalue weighted by atomic mass is 32.3. The third-order valence-corrected chi connectivity index (χ3v) is 12.6. The number of hydrogen-bond donors (Lipinski definition) is 2. The Morgan fingerprint density at radius 3 is 2.44 bits per heavy atom. The number of halogens is 1. The number of amides is 1. The van der Waals surface area contributed by atoms with E-state index in [4.69, 9.17) is 4.74 Å². The van der Waals surface area contributed by atoms with Crippen molar-refractivity contribution in [1.29, 1.82) is 0 Å². The summed E-state index contributed by atoms with van der Waals surface area (Å²) in [5, 5.41) is -0.837. The zero-order chi connectivity index (χ0) is 28.9. The van der Waals surface area contributed by atoms with Crippen LogP contribution in [0, 0.1) is 12.7 Å². The van der Waals surface area contributed by atoms with E-state index in [0.29, 0.717) is 13.0 Å². The van der Waals surface area contributed by atoms with E-state index in [0.717, 1.165) is 22.3 Å². The topological polar surface area (TPSA) is 107 Å². The molecule has 4 atom stereocenters. The van der Waals surface area contributed by atoms with Crippen molar-refractivity contribution in [2.24, 2.45) is 0 Å². The van der Waals surface area contributed by atoms with Gasteiger partial charge in [-0.2, -0.15) is 14.9 Å². The number of ether oxygens (including phenoxy) is 1. The van der Waals surface area contributed by atoms with E-state index in [2.05, 4.69) is 0 Å². The first-order chi connectivity index (χ1) is 19.6. The highest BCUT2D eigenvalue weighted by Gasteiger charge is 2.51. The summed E-state index contributed by atoms with van der Waals surface area (Å²) in [6.45, 7) is 2.08. The van der Waals surface area contributed by atoms with Crippen LogP contribution in [-0.4, -0.2) is 75.5 Å². The fourth-order valence-electron chi connectivity index (χ4n) is 6.28. The molecule has 0 aromatic heterocycles. The minimum Gasteiger partial charge on any atom is -0.366 e. The quantitative estimate of drug-likeness (QED) is 0.454. The molecule has 0 unspecified atom stereocenters. The molecule has 218 valence electrons. The van der Waals surface area contributed by atoms with Crippen molar-refractivity contribution in [3.05, 3.63) is 101 Å². The number of carbonyl (C=O) groups is 1. The molecule has 8 nitrogen and oxygen atoms in total. The second kappa shape index (κ2) is 10.8. The molecule has 3 aromatic rings. The maximum Gasteiger partial charge on any atom is 0.252 e. The van der Waals surface area contributed by atoms with Crippen molar-refractivity contribution < 1.29 is 31.4 Å². The Hall–Kier alpha value is -2.80. The second-order valence-electron chi connectivity index (χ2n) is 10.9. The number of sulfonamides is 1. The Labute approximate surface area is 241 Å². The molecule has 3 heterocycles. The molecule has 0 spiro atoms. The molecule has 0 radical (unpaired) electrons. The van der Waals surface area contributed by atoms with E-state index in [9.17, 15) is 26.7 Å². The Kier molecular flexibility index (Phi) is 7.46. The minimum absolute atomic E-state index is 0.00124. The second-order valence-corrected chi connectivity index (χ2v) is 15.3. The molecular formula is C30H33FN2O6S2. The van der Waals surface area contributed by atoms with E-state index in [1.54, 1.807) is 41.3 Å². The van der Waals surface area contributed by atoms with E-state index in [1.807, 2.05) is 31.2 Å². The number of hydrogen-bond acceptors (Lipinski definition) is 6. The van der Waals surface area contributed by atoms with E-state index in [1.165, 1.54) is 16.4 Å². The Bertz CT molecular complexity index is 1550. The average Bonchev–Trinajstić information content (AvgIpc) is 2.96. The predicted octanol–water partition coefficient (Wildman–Crippen LogP) is 4.59. The molecule has 2 fully saturated rings. The molecule has 11 heteroatoms. The van der Waals surface area contributed by atoms with Crippen molar-refractivity contribution >= 4 is 26.5 Å². The van der Waals surface area contributed by atoms with Crippen LogP contribution in [0.5, 0.6) is 0 Å². The molecule has 3 aliphatic heterocycles. The van der Waals surface area contributed by atoms with E-state index < -0.39 is 44.1 Å². The zero-order valence-corrected chi connectivity index (χ0v) is 24.2. The van der Waals surface area contributed by atoms with Crippen LogP contribution in [0.2, 0.25) is 0 Å². The highest BCUT2D eigenvalue weighted by molar-refractivity contribution is 8.25. The van der Waals surface area contributed by atoms with Gasteiger partial charge in [0.1, 0.15) is 11.9 Å². The van der Waals surface area contributed by atoms with Gasteiger partial charge in [-0.05, 0) is 54.3 Å². The van der Waals surface area contributed by atoms with Crippen molar-refractivity contribution in [3.8, 4) is 0 Å². The van der Waals surface area contributed by atoms with Crippen LogP contribution in [0.25, 0.3) is 0 Å². The molecule has 0 aliphatic carbocycles. The van der Waals surface area contributed by atoms with Crippen LogP contribution >= 0.6 is 10.6 Å². The maximum atomic E-state index is 14.2. The Morgan fingerprint density at radius 1 is 1.00 bits per heavy atom. The summed E-state index contributed by atoms with van der Waals surface area (Å²) in [5.41, 5.74) is 3.73. The molecule has 2 N–H and O–H groups in total. The lowest BCUT2D eigenvalue weighted by atomic mass is 9.87. The normalized spacial score (nSPS) is 27.0. The van der Waals surface area contributed by atoms with Gasteiger partial charge in [0.25, 0.3) is 5.91 Å². The molecular weight excluding hydrogens is 567 g/mol. The summed E-state index contributed by atoms with van der Waals surface area (Å²) >= 11 is 0. The lowest BCUT2D eigenvalue weighted by Crippen LogP contribution is -2.61. The molecule has 2 saturated heterocycles. The summed E-state index contributed by atoms with van der Waals surface area (Å²) in [5.74, 6) is -0.762. The maximum absolute atomic E-state index is 14.2. The van der Waals surface area contributed by atoms with Gasteiger partial charge in [0, 0.05) is 19.5 Å². The summed E-state index contributed by atoms with van der Waals surface area (Å²) < 4.78 is 70.4. The summed E-state index contributed by atoms with van der Waals surface area (Å²) in [6.07, 6.45) is -0.348. The number of fused-ring (bicyclic) bond motifs is 2. The number of carbonyl (C=O) groups excluding carboxylic acids is 1. The van der Waals surface area contributed by atoms with Gasteiger partial charge < -0.3 is 9.64 Å². The molecule has 3 aromatic carbocycles. The average molecular weight is 601 g/mol. The standard InChI is InChI=1S/C30H33FN2O6S2/c1-20-6-12-24(13-7-20)41(37,38)33-16-17-40(35,36)28-19-39-27(18-26(28)33)30(34)32-15-14-21-4-2-3-5-25(21)29(32)22-8-10-23(31)11-9-22/h2-13,26-29,35-36H,14-19H2,1H3/t26-,27+,28-,29-/m0/s1. The van der Waals surface area contributed by atoms with Crippen LogP contribution in [0.1, 0.15) is 34.7 Å². The lowest BCUT2D eigenvalue weighted by molar-refractivity contribution is -0.150. The summed E-state index contributed by atoms with van der Waals surface area (Å²) in [6, 6.07) is 19.2. The third kappa shape index (κ3) is 5.19. The lowest BCUT2D eigenvalue weighted by Gasteiger charge is -2.54. The van der Waals surface area contributed by atoms with Crippen molar-refractivity contribution in [1.82, 2.24) is 9.21 Å². The van der Waals surface area contributed by atoms with Gasteiger partial charge in [-0.15, -0.1) is 0 Å². The monoisotopic (exact) mass is 600 g/mol. The first-order valence-electron chi connectivity index (χ1n) is 13.6. The molecule has 6 rings (SSSR count). The SMILES string of the molecule is Cc1ccc(S(=O)(=O)N2CCS(O)(O)[C@H]3CO[C@@H](C(=O)N4CCc5ccccc5[C@@H]4c4ccc(F)cc4)C[C@@H]32)cc1. The third-order valence-electron chi connectivity index (χ3n) is 8.47. The Morgan fingerprint density at radius 2 is 1.71 bits per heavy atom. The first-order valence-corrected chi connectivity index (χ1v) is 16.9. The molecule has 0 saturated carbocycles. The largest absolute Gasteiger partial charge is 0.366 e. The number of rotatable bonds is 4.